The van der Waals surface area contributed by atoms with Crippen LogP contribution >= 0.6 is 0 Å². The van der Waals surface area contributed by atoms with E-state index in [-0.39, 0.29) is 17.5 Å². The van der Waals surface area contributed by atoms with Gasteiger partial charge in [0.25, 0.3) is 0 Å². The van der Waals surface area contributed by atoms with Crippen LogP contribution in [0.3, 0.4) is 0 Å². The van der Waals surface area contributed by atoms with E-state index in [4.69, 9.17) is 0 Å². The van der Waals surface area contributed by atoms with Crippen LogP contribution in [0.25, 0.3) is 0 Å². The van der Waals surface area contributed by atoms with Gasteiger partial charge in [0.1, 0.15) is 23.1 Å². The SMILES string of the molecule is CC(Cc1ccccc1F)Nc1c(F)cccc1F. The lowest BCUT2D eigenvalue weighted by Gasteiger charge is -2.16. The average Bonchev–Trinajstić information content (AvgIpc) is 2.37. The Hall–Kier alpha value is -1.97. The van der Waals surface area contributed by atoms with Crippen LogP contribution in [0.5, 0.6) is 0 Å². The fraction of sp³-hybridized carbons (Fsp3) is 0.200. The van der Waals surface area contributed by atoms with Gasteiger partial charge in [0, 0.05) is 6.04 Å². The van der Waals surface area contributed by atoms with E-state index < -0.39 is 11.6 Å². The Labute approximate surface area is 110 Å². The molecule has 0 aliphatic rings. The van der Waals surface area contributed by atoms with Gasteiger partial charge in [-0.1, -0.05) is 24.3 Å². The highest BCUT2D eigenvalue weighted by atomic mass is 19.1. The minimum absolute atomic E-state index is 0.175. The summed E-state index contributed by atoms with van der Waals surface area (Å²) < 4.78 is 40.4. The van der Waals surface area contributed by atoms with Crippen molar-refractivity contribution in [1.82, 2.24) is 0 Å². The third-order valence-corrected chi connectivity index (χ3v) is 2.84. The third kappa shape index (κ3) is 3.28. The first-order chi connectivity index (χ1) is 9.08. The molecule has 0 bridgehead atoms. The number of benzene rings is 2. The van der Waals surface area contributed by atoms with Crippen LogP contribution in [0.2, 0.25) is 0 Å². The summed E-state index contributed by atoms with van der Waals surface area (Å²) in [6, 6.07) is 9.74. The summed E-state index contributed by atoms with van der Waals surface area (Å²) in [5.41, 5.74) is 0.339. The number of anilines is 1. The van der Waals surface area contributed by atoms with Crippen LogP contribution < -0.4 is 5.32 Å². The molecule has 0 radical (unpaired) electrons. The maximum Gasteiger partial charge on any atom is 0.149 e. The second-order valence-corrected chi connectivity index (χ2v) is 4.44. The number of para-hydroxylation sites is 1. The molecule has 4 heteroatoms. The topological polar surface area (TPSA) is 12.0 Å². The first-order valence-corrected chi connectivity index (χ1v) is 6.02. The number of halogens is 3. The standard InChI is InChI=1S/C15H14F3N/c1-10(9-11-5-2-3-6-12(11)16)19-15-13(17)7-4-8-14(15)18/h2-8,10,19H,9H2,1H3. The Morgan fingerprint density at radius 1 is 0.895 bits per heavy atom. The van der Waals surface area contributed by atoms with Crippen molar-refractivity contribution in [2.75, 3.05) is 5.32 Å². The van der Waals surface area contributed by atoms with Gasteiger partial charge in [0.05, 0.1) is 0 Å². The Kier molecular flexibility index (Phi) is 4.10. The Morgan fingerprint density at radius 2 is 1.47 bits per heavy atom. The zero-order valence-electron chi connectivity index (χ0n) is 10.5. The lowest BCUT2D eigenvalue weighted by molar-refractivity contribution is 0.578. The van der Waals surface area contributed by atoms with E-state index in [0.29, 0.717) is 12.0 Å². The molecule has 1 nitrogen and oxygen atoms in total. The zero-order chi connectivity index (χ0) is 13.8. The molecule has 0 saturated carbocycles. The molecular formula is C15H14F3N. The van der Waals surface area contributed by atoms with Crippen molar-refractivity contribution < 1.29 is 13.2 Å². The second kappa shape index (κ2) is 5.78. The maximum atomic E-state index is 13.5. The van der Waals surface area contributed by atoms with Gasteiger partial charge in [-0.05, 0) is 37.1 Å². The fourth-order valence-corrected chi connectivity index (χ4v) is 1.93. The lowest BCUT2D eigenvalue weighted by atomic mass is 10.1. The molecule has 0 saturated heterocycles. The molecule has 1 atom stereocenters. The van der Waals surface area contributed by atoms with Crippen molar-refractivity contribution in [3.05, 3.63) is 65.5 Å². The Bertz CT molecular complexity index is 549. The van der Waals surface area contributed by atoms with Gasteiger partial charge in [-0.25, -0.2) is 13.2 Å². The highest BCUT2D eigenvalue weighted by Crippen LogP contribution is 2.20. The van der Waals surface area contributed by atoms with Crippen molar-refractivity contribution in [3.63, 3.8) is 0 Å². The van der Waals surface area contributed by atoms with Gasteiger partial charge in [-0.3, -0.25) is 0 Å². The molecule has 1 unspecified atom stereocenters. The molecule has 0 fully saturated rings. The molecule has 1 N–H and O–H groups in total. The minimum Gasteiger partial charge on any atom is -0.378 e. The lowest BCUT2D eigenvalue weighted by Crippen LogP contribution is -2.20. The zero-order valence-corrected chi connectivity index (χ0v) is 10.5. The summed E-state index contributed by atoms with van der Waals surface area (Å²) in [7, 11) is 0. The molecular weight excluding hydrogens is 251 g/mol. The molecule has 2 aromatic rings. The molecule has 0 spiro atoms. The van der Waals surface area contributed by atoms with E-state index in [9.17, 15) is 13.2 Å². The number of hydrogen-bond acceptors (Lipinski definition) is 1. The molecule has 0 heterocycles. The summed E-state index contributed by atoms with van der Waals surface area (Å²) in [6.45, 7) is 1.75. The van der Waals surface area contributed by atoms with Crippen molar-refractivity contribution >= 4 is 5.69 Å². The predicted octanol–water partition coefficient (Wildman–Crippen LogP) is 4.15. The molecule has 2 rings (SSSR count). The van der Waals surface area contributed by atoms with Crippen LogP contribution in [-0.2, 0) is 6.42 Å². The van der Waals surface area contributed by atoms with Gasteiger partial charge in [-0.2, -0.15) is 0 Å². The molecule has 0 aromatic heterocycles. The molecule has 0 aliphatic heterocycles. The Morgan fingerprint density at radius 3 is 2.11 bits per heavy atom. The Balaban J connectivity index is 2.10. The van der Waals surface area contributed by atoms with Gasteiger partial charge in [0.15, 0.2) is 0 Å². The van der Waals surface area contributed by atoms with Crippen LogP contribution in [0, 0.1) is 17.5 Å². The minimum atomic E-state index is -0.652. The van der Waals surface area contributed by atoms with E-state index in [2.05, 4.69) is 5.32 Å². The van der Waals surface area contributed by atoms with Gasteiger partial charge in [0.2, 0.25) is 0 Å². The summed E-state index contributed by atoms with van der Waals surface area (Å²) >= 11 is 0. The van der Waals surface area contributed by atoms with Crippen molar-refractivity contribution in [2.45, 2.75) is 19.4 Å². The summed E-state index contributed by atoms with van der Waals surface area (Å²) in [5, 5.41) is 2.74. The van der Waals surface area contributed by atoms with E-state index in [1.54, 1.807) is 25.1 Å². The normalized spacial score (nSPS) is 12.2. The molecule has 2 aromatic carbocycles. The van der Waals surface area contributed by atoms with Crippen LogP contribution in [0.4, 0.5) is 18.9 Å². The fourth-order valence-electron chi connectivity index (χ4n) is 1.93. The molecule has 100 valence electrons. The van der Waals surface area contributed by atoms with Gasteiger partial charge < -0.3 is 5.32 Å². The number of rotatable bonds is 4. The summed E-state index contributed by atoms with van der Waals surface area (Å²) in [4.78, 5) is 0. The molecule has 0 amide bonds. The van der Waals surface area contributed by atoms with Crippen molar-refractivity contribution in [3.8, 4) is 0 Å². The van der Waals surface area contributed by atoms with Crippen LogP contribution in [-0.4, -0.2) is 6.04 Å². The second-order valence-electron chi connectivity index (χ2n) is 4.44. The predicted molar refractivity (Wildman–Crippen MR) is 69.5 cm³/mol. The highest BCUT2D eigenvalue weighted by molar-refractivity contribution is 5.47. The molecule has 0 aliphatic carbocycles. The van der Waals surface area contributed by atoms with E-state index in [1.807, 2.05) is 0 Å². The van der Waals surface area contributed by atoms with E-state index in [1.165, 1.54) is 24.3 Å². The number of hydrogen-bond donors (Lipinski definition) is 1. The van der Waals surface area contributed by atoms with Crippen LogP contribution in [0.15, 0.2) is 42.5 Å². The smallest absolute Gasteiger partial charge is 0.149 e. The summed E-state index contributed by atoms with van der Waals surface area (Å²) in [5.74, 6) is -1.62. The van der Waals surface area contributed by atoms with Crippen LogP contribution in [0.1, 0.15) is 12.5 Å². The van der Waals surface area contributed by atoms with Gasteiger partial charge >= 0.3 is 0 Å². The van der Waals surface area contributed by atoms with E-state index >= 15 is 0 Å². The monoisotopic (exact) mass is 265 g/mol. The summed E-state index contributed by atoms with van der Waals surface area (Å²) in [6.07, 6.45) is 0.348. The van der Waals surface area contributed by atoms with E-state index in [0.717, 1.165) is 0 Å². The first kappa shape index (κ1) is 13.5. The number of nitrogens with one attached hydrogen (secondary N) is 1. The quantitative estimate of drug-likeness (QED) is 0.875. The van der Waals surface area contributed by atoms with Crippen molar-refractivity contribution in [2.24, 2.45) is 0 Å². The molecule has 19 heavy (non-hydrogen) atoms. The maximum absolute atomic E-state index is 13.5. The third-order valence-electron chi connectivity index (χ3n) is 2.84. The average molecular weight is 265 g/mol. The van der Waals surface area contributed by atoms with Crippen molar-refractivity contribution in [1.29, 1.82) is 0 Å². The van der Waals surface area contributed by atoms with Gasteiger partial charge in [-0.15, -0.1) is 0 Å². The largest absolute Gasteiger partial charge is 0.378 e. The first-order valence-electron chi connectivity index (χ1n) is 6.02. The highest BCUT2D eigenvalue weighted by Gasteiger charge is 2.12.